The molecule has 0 radical (unpaired) electrons. The van der Waals surface area contributed by atoms with E-state index in [1.807, 2.05) is 6.07 Å². The summed E-state index contributed by atoms with van der Waals surface area (Å²) in [7, 11) is 3.90. The van der Waals surface area contributed by atoms with Gasteiger partial charge in [0.05, 0.1) is 0 Å². The summed E-state index contributed by atoms with van der Waals surface area (Å²) in [6, 6.07) is 1.97. The molecular formula is C14H18N4O. The van der Waals surface area contributed by atoms with Gasteiger partial charge in [-0.05, 0) is 32.5 Å². The summed E-state index contributed by atoms with van der Waals surface area (Å²) in [6.07, 6.45) is 5.49. The fourth-order valence-electron chi connectivity index (χ4n) is 2.95. The van der Waals surface area contributed by atoms with Crippen molar-refractivity contribution in [1.82, 2.24) is 19.4 Å². The van der Waals surface area contributed by atoms with E-state index in [-0.39, 0.29) is 5.56 Å². The third-order valence-corrected chi connectivity index (χ3v) is 3.96. The Kier molecular flexibility index (Phi) is 3.06. The zero-order chi connectivity index (χ0) is 13.4. The van der Waals surface area contributed by atoms with Crippen molar-refractivity contribution in [2.75, 3.05) is 20.1 Å². The molecule has 0 aromatic carbocycles. The number of aryl methyl sites for hydroxylation is 1. The van der Waals surface area contributed by atoms with Crippen molar-refractivity contribution in [2.24, 2.45) is 7.05 Å². The molecule has 0 saturated carbocycles. The molecule has 0 aliphatic carbocycles. The molecule has 100 valence electrons. The minimum absolute atomic E-state index is 0.0755. The van der Waals surface area contributed by atoms with Crippen LogP contribution in [-0.2, 0) is 7.05 Å². The molecule has 0 N–H and O–H groups in total. The molecule has 19 heavy (non-hydrogen) atoms. The lowest BCUT2D eigenvalue weighted by Gasteiger charge is -2.29. The Morgan fingerprint density at radius 1 is 1.37 bits per heavy atom. The first-order valence-corrected chi connectivity index (χ1v) is 6.65. The summed E-state index contributed by atoms with van der Waals surface area (Å²) in [5.74, 6) is 0.321. The number of hydrogen-bond donors (Lipinski definition) is 0. The van der Waals surface area contributed by atoms with Crippen molar-refractivity contribution in [2.45, 2.75) is 18.8 Å². The highest BCUT2D eigenvalue weighted by atomic mass is 16.1. The maximum Gasteiger partial charge on any atom is 0.255 e. The molecule has 1 aliphatic rings. The Bertz CT molecular complexity index is 664. The average Bonchev–Trinajstić information content (AvgIpc) is 2.43. The van der Waals surface area contributed by atoms with E-state index >= 15 is 0 Å². The number of aromatic nitrogens is 3. The van der Waals surface area contributed by atoms with Gasteiger partial charge in [-0.3, -0.25) is 9.36 Å². The molecule has 5 heteroatoms. The van der Waals surface area contributed by atoms with Crippen LogP contribution in [0.15, 0.2) is 23.4 Å². The van der Waals surface area contributed by atoms with Gasteiger partial charge in [-0.15, -0.1) is 0 Å². The van der Waals surface area contributed by atoms with Gasteiger partial charge in [-0.2, -0.15) is 0 Å². The Morgan fingerprint density at radius 2 is 2.21 bits per heavy atom. The van der Waals surface area contributed by atoms with Crippen LogP contribution in [0.25, 0.3) is 11.0 Å². The molecule has 0 amide bonds. The van der Waals surface area contributed by atoms with Crippen LogP contribution in [-0.4, -0.2) is 39.6 Å². The number of piperidine rings is 1. The molecule has 2 aromatic heterocycles. The van der Waals surface area contributed by atoms with Gasteiger partial charge in [0.1, 0.15) is 12.0 Å². The lowest BCUT2D eigenvalue weighted by Crippen LogP contribution is -2.34. The van der Waals surface area contributed by atoms with Crippen LogP contribution in [0.5, 0.6) is 0 Å². The van der Waals surface area contributed by atoms with Crippen molar-refractivity contribution in [3.8, 4) is 0 Å². The van der Waals surface area contributed by atoms with E-state index < -0.39 is 0 Å². The molecule has 5 nitrogen and oxygen atoms in total. The SMILES string of the molecule is CN1CCCC(c2cc3cncnc3n(C)c2=O)C1. The summed E-state index contributed by atoms with van der Waals surface area (Å²) >= 11 is 0. The Morgan fingerprint density at radius 3 is 3.00 bits per heavy atom. The number of rotatable bonds is 1. The van der Waals surface area contributed by atoms with Crippen molar-refractivity contribution in [3.05, 3.63) is 34.5 Å². The first kappa shape index (κ1) is 12.3. The van der Waals surface area contributed by atoms with Crippen LogP contribution in [0.3, 0.4) is 0 Å². The van der Waals surface area contributed by atoms with Crippen LogP contribution in [0.1, 0.15) is 24.3 Å². The topological polar surface area (TPSA) is 51.0 Å². The third kappa shape index (κ3) is 2.14. The van der Waals surface area contributed by atoms with Gasteiger partial charge in [0, 0.05) is 36.7 Å². The van der Waals surface area contributed by atoms with Crippen molar-refractivity contribution >= 4 is 11.0 Å². The minimum atomic E-state index is 0.0755. The predicted octanol–water partition coefficient (Wildman–Crippen LogP) is 1.14. The summed E-state index contributed by atoms with van der Waals surface area (Å²) in [4.78, 5) is 23.0. The number of likely N-dealkylation sites (N-methyl/N-ethyl adjacent to an activating group) is 1. The molecule has 1 fully saturated rings. The van der Waals surface area contributed by atoms with Crippen molar-refractivity contribution in [1.29, 1.82) is 0 Å². The third-order valence-electron chi connectivity index (χ3n) is 3.96. The minimum Gasteiger partial charge on any atom is -0.306 e. The first-order chi connectivity index (χ1) is 9.16. The van der Waals surface area contributed by atoms with Crippen LogP contribution in [0, 0.1) is 0 Å². The van der Waals surface area contributed by atoms with E-state index in [4.69, 9.17) is 0 Å². The highest BCUT2D eigenvalue weighted by Gasteiger charge is 2.22. The molecular weight excluding hydrogens is 240 g/mol. The predicted molar refractivity (Wildman–Crippen MR) is 74.3 cm³/mol. The maximum atomic E-state index is 12.5. The average molecular weight is 258 g/mol. The van der Waals surface area contributed by atoms with Crippen LogP contribution >= 0.6 is 0 Å². The molecule has 1 atom stereocenters. The number of likely N-dealkylation sites (tertiary alicyclic amines) is 1. The zero-order valence-corrected chi connectivity index (χ0v) is 11.3. The lowest BCUT2D eigenvalue weighted by atomic mass is 9.91. The Hall–Kier alpha value is -1.75. The number of fused-ring (bicyclic) bond motifs is 1. The molecule has 2 aromatic rings. The molecule has 3 rings (SSSR count). The largest absolute Gasteiger partial charge is 0.306 e. The van der Waals surface area contributed by atoms with Crippen molar-refractivity contribution < 1.29 is 0 Å². The van der Waals surface area contributed by atoms with Gasteiger partial charge in [0.2, 0.25) is 0 Å². The fourth-order valence-corrected chi connectivity index (χ4v) is 2.95. The second-order valence-electron chi connectivity index (χ2n) is 5.37. The summed E-state index contributed by atoms with van der Waals surface area (Å²) in [5, 5.41) is 0.938. The van der Waals surface area contributed by atoms with Gasteiger partial charge < -0.3 is 4.90 Å². The Balaban J connectivity index is 2.13. The molecule has 1 saturated heterocycles. The Labute approximate surface area is 111 Å². The van der Waals surface area contributed by atoms with Crippen LogP contribution in [0.2, 0.25) is 0 Å². The summed E-state index contributed by atoms with van der Waals surface area (Å²) in [6.45, 7) is 2.07. The van der Waals surface area contributed by atoms with Crippen LogP contribution in [0.4, 0.5) is 0 Å². The zero-order valence-electron chi connectivity index (χ0n) is 11.3. The normalized spacial score (nSPS) is 20.8. The molecule has 1 unspecified atom stereocenters. The van der Waals surface area contributed by atoms with E-state index in [1.165, 1.54) is 6.33 Å². The van der Waals surface area contributed by atoms with E-state index in [1.54, 1.807) is 17.8 Å². The van der Waals surface area contributed by atoms with Gasteiger partial charge in [-0.25, -0.2) is 9.97 Å². The highest BCUT2D eigenvalue weighted by Crippen LogP contribution is 2.25. The molecule has 1 aliphatic heterocycles. The quantitative estimate of drug-likeness (QED) is 0.769. The van der Waals surface area contributed by atoms with E-state index in [0.29, 0.717) is 11.6 Å². The van der Waals surface area contributed by atoms with Crippen LogP contribution < -0.4 is 5.56 Å². The first-order valence-electron chi connectivity index (χ1n) is 6.65. The molecule has 3 heterocycles. The number of nitrogens with zero attached hydrogens (tertiary/aromatic N) is 4. The van der Waals surface area contributed by atoms with E-state index in [9.17, 15) is 4.79 Å². The van der Waals surface area contributed by atoms with Gasteiger partial charge in [0.15, 0.2) is 0 Å². The monoisotopic (exact) mass is 258 g/mol. The van der Waals surface area contributed by atoms with E-state index in [0.717, 1.165) is 36.9 Å². The van der Waals surface area contributed by atoms with Gasteiger partial charge >= 0.3 is 0 Å². The fraction of sp³-hybridized carbons (Fsp3) is 0.500. The van der Waals surface area contributed by atoms with Gasteiger partial charge in [0.25, 0.3) is 5.56 Å². The number of hydrogen-bond acceptors (Lipinski definition) is 4. The maximum absolute atomic E-state index is 12.5. The summed E-state index contributed by atoms with van der Waals surface area (Å²) < 4.78 is 1.64. The molecule has 0 bridgehead atoms. The summed E-state index contributed by atoms with van der Waals surface area (Å²) in [5.41, 5.74) is 1.68. The lowest BCUT2D eigenvalue weighted by molar-refractivity contribution is 0.250. The smallest absolute Gasteiger partial charge is 0.255 e. The molecule has 0 spiro atoms. The highest BCUT2D eigenvalue weighted by molar-refractivity contribution is 5.74. The second kappa shape index (κ2) is 4.74. The van der Waals surface area contributed by atoms with Gasteiger partial charge in [-0.1, -0.05) is 0 Å². The standard InChI is InChI=1S/C14H18N4O/c1-17-5-3-4-10(8-17)12-6-11-7-15-9-16-13(11)18(2)14(12)19/h6-7,9-10H,3-5,8H2,1-2H3. The second-order valence-corrected chi connectivity index (χ2v) is 5.37. The number of pyridine rings is 1. The van der Waals surface area contributed by atoms with Crippen molar-refractivity contribution in [3.63, 3.8) is 0 Å². The van der Waals surface area contributed by atoms with E-state index in [2.05, 4.69) is 21.9 Å².